The molecule has 30 heavy (non-hydrogen) atoms. The van der Waals surface area contributed by atoms with Crippen molar-refractivity contribution in [3.05, 3.63) is 72.2 Å². The van der Waals surface area contributed by atoms with Crippen LogP contribution < -0.4 is 10.5 Å². The van der Waals surface area contributed by atoms with Crippen LogP contribution in [0.15, 0.2) is 61.1 Å². The number of anilines is 1. The lowest BCUT2D eigenvalue weighted by Crippen LogP contribution is -2.49. The van der Waals surface area contributed by atoms with E-state index in [9.17, 15) is 4.79 Å². The first-order valence-corrected chi connectivity index (χ1v) is 10.2. The Morgan fingerprint density at radius 3 is 2.73 bits per heavy atom. The van der Waals surface area contributed by atoms with E-state index >= 15 is 0 Å². The topological polar surface area (TPSA) is 81.3 Å². The Kier molecular flexibility index (Phi) is 5.65. The number of amides is 1. The van der Waals surface area contributed by atoms with Crippen LogP contribution in [-0.4, -0.2) is 39.5 Å². The fourth-order valence-electron chi connectivity index (χ4n) is 3.84. The Hall–Kier alpha value is -3.41. The van der Waals surface area contributed by atoms with Gasteiger partial charge in [0.2, 0.25) is 5.88 Å². The van der Waals surface area contributed by atoms with Crippen molar-refractivity contribution in [2.24, 2.45) is 0 Å². The van der Waals surface area contributed by atoms with Gasteiger partial charge < -0.3 is 15.4 Å². The molecule has 1 aliphatic heterocycles. The molecule has 0 bridgehead atoms. The maximum absolute atomic E-state index is 13.5. The third-order valence-electron chi connectivity index (χ3n) is 5.71. The second kappa shape index (κ2) is 8.53. The summed E-state index contributed by atoms with van der Waals surface area (Å²) < 4.78 is 6.15. The van der Waals surface area contributed by atoms with Crippen LogP contribution in [0.25, 0.3) is 11.1 Å². The lowest BCUT2D eigenvalue weighted by molar-refractivity contribution is 0.0372. The van der Waals surface area contributed by atoms with E-state index in [1.807, 2.05) is 42.2 Å². The number of likely N-dealkylation sites (tertiary alicyclic amines) is 1. The molecule has 2 aromatic heterocycles. The summed E-state index contributed by atoms with van der Waals surface area (Å²) in [4.78, 5) is 24.0. The number of benzene rings is 1. The average Bonchev–Trinajstić information content (AvgIpc) is 2.78. The quantitative estimate of drug-likeness (QED) is 0.710. The van der Waals surface area contributed by atoms with Gasteiger partial charge in [-0.1, -0.05) is 30.3 Å². The molecule has 2 unspecified atom stereocenters. The zero-order valence-corrected chi connectivity index (χ0v) is 17.3. The molecule has 154 valence electrons. The van der Waals surface area contributed by atoms with E-state index in [4.69, 9.17) is 10.5 Å². The van der Waals surface area contributed by atoms with Crippen LogP contribution in [0.4, 0.5) is 5.69 Å². The molecule has 4 rings (SSSR count). The summed E-state index contributed by atoms with van der Waals surface area (Å²) in [5, 5.41) is 0. The summed E-state index contributed by atoms with van der Waals surface area (Å²) >= 11 is 0. The van der Waals surface area contributed by atoms with Gasteiger partial charge in [-0.2, -0.15) is 0 Å². The monoisotopic (exact) mass is 402 g/mol. The lowest BCUT2D eigenvalue weighted by atomic mass is 9.97. The maximum Gasteiger partial charge on any atom is 0.254 e. The van der Waals surface area contributed by atoms with Crippen LogP contribution in [0.3, 0.4) is 0 Å². The SMILES string of the molecule is Cc1c(N)ccnc1OC1CCC(C)N(C(=O)c2ccncc2-c2ccccc2)C1. The molecule has 0 radical (unpaired) electrons. The van der Waals surface area contributed by atoms with Gasteiger partial charge in [-0.15, -0.1) is 0 Å². The summed E-state index contributed by atoms with van der Waals surface area (Å²) in [6.07, 6.45) is 6.68. The first kappa shape index (κ1) is 19.9. The number of piperidine rings is 1. The number of hydrogen-bond acceptors (Lipinski definition) is 5. The predicted octanol–water partition coefficient (Wildman–Crippen LogP) is 4.11. The van der Waals surface area contributed by atoms with Gasteiger partial charge in [-0.25, -0.2) is 4.98 Å². The number of nitrogens with two attached hydrogens (primary N) is 1. The first-order valence-electron chi connectivity index (χ1n) is 10.2. The molecule has 0 spiro atoms. The van der Waals surface area contributed by atoms with E-state index in [1.54, 1.807) is 30.7 Å². The van der Waals surface area contributed by atoms with Gasteiger partial charge in [-0.05, 0) is 44.4 Å². The van der Waals surface area contributed by atoms with Crippen molar-refractivity contribution < 1.29 is 9.53 Å². The molecular weight excluding hydrogens is 376 g/mol. The van der Waals surface area contributed by atoms with Crippen molar-refractivity contribution in [3.8, 4) is 17.0 Å². The van der Waals surface area contributed by atoms with Gasteiger partial charge in [0.1, 0.15) is 6.10 Å². The zero-order valence-electron chi connectivity index (χ0n) is 17.3. The molecule has 6 nitrogen and oxygen atoms in total. The van der Waals surface area contributed by atoms with Crippen molar-refractivity contribution in [1.82, 2.24) is 14.9 Å². The largest absolute Gasteiger partial charge is 0.472 e. The van der Waals surface area contributed by atoms with Gasteiger partial charge in [0.25, 0.3) is 5.91 Å². The fourth-order valence-corrected chi connectivity index (χ4v) is 3.84. The third-order valence-corrected chi connectivity index (χ3v) is 5.71. The molecule has 3 aromatic rings. The van der Waals surface area contributed by atoms with Crippen LogP contribution in [0.1, 0.15) is 35.7 Å². The summed E-state index contributed by atoms with van der Waals surface area (Å²) in [5.74, 6) is 0.533. The minimum atomic E-state index is -0.125. The summed E-state index contributed by atoms with van der Waals surface area (Å²) in [6.45, 7) is 4.49. The highest BCUT2D eigenvalue weighted by molar-refractivity contribution is 6.00. The Bertz CT molecular complexity index is 1040. The van der Waals surface area contributed by atoms with Crippen LogP contribution in [0.5, 0.6) is 5.88 Å². The number of nitrogens with zero attached hydrogens (tertiary/aromatic N) is 3. The van der Waals surface area contributed by atoms with Crippen LogP contribution >= 0.6 is 0 Å². The second-order valence-electron chi connectivity index (χ2n) is 7.74. The number of carbonyl (C=O) groups excluding carboxylic acids is 1. The van der Waals surface area contributed by atoms with Crippen molar-refractivity contribution in [2.45, 2.75) is 38.8 Å². The van der Waals surface area contributed by atoms with Gasteiger partial charge in [0.15, 0.2) is 0 Å². The van der Waals surface area contributed by atoms with Gasteiger partial charge in [0.05, 0.1) is 12.1 Å². The Labute approximate surface area is 176 Å². The molecule has 1 aliphatic rings. The average molecular weight is 402 g/mol. The highest BCUT2D eigenvalue weighted by Crippen LogP contribution is 2.29. The van der Waals surface area contributed by atoms with Gasteiger partial charge in [-0.3, -0.25) is 9.78 Å². The molecule has 1 fully saturated rings. The van der Waals surface area contributed by atoms with E-state index in [1.165, 1.54) is 0 Å². The highest BCUT2D eigenvalue weighted by atomic mass is 16.5. The molecule has 3 heterocycles. The van der Waals surface area contributed by atoms with Crippen molar-refractivity contribution in [1.29, 1.82) is 0 Å². The summed E-state index contributed by atoms with van der Waals surface area (Å²) in [6, 6.07) is 13.6. The van der Waals surface area contributed by atoms with Crippen molar-refractivity contribution in [3.63, 3.8) is 0 Å². The molecule has 0 aliphatic carbocycles. The zero-order chi connectivity index (χ0) is 21.1. The minimum absolute atomic E-state index is 0.00527. The van der Waals surface area contributed by atoms with E-state index < -0.39 is 0 Å². The highest BCUT2D eigenvalue weighted by Gasteiger charge is 2.32. The van der Waals surface area contributed by atoms with E-state index in [0.29, 0.717) is 23.7 Å². The molecular formula is C24H26N4O2. The number of aromatic nitrogens is 2. The van der Waals surface area contributed by atoms with E-state index in [-0.39, 0.29) is 18.1 Å². The molecule has 2 N–H and O–H groups in total. The second-order valence-corrected chi connectivity index (χ2v) is 7.74. The predicted molar refractivity (Wildman–Crippen MR) is 117 cm³/mol. The Morgan fingerprint density at radius 1 is 1.13 bits per heavy atom. The minimum Gasteiger partial charge on any atom is -0.472 e. The lowest BCUT2D eigenvalue weighted by Gasteiger charge is -2.38. The molecule has 2 atom stereocenters. The number of carbonyl (C=O) groups is 1. The van der Waals surface area contributed by atoms with Crippen molar-refractivity contribution in [2.75, 3.05) is 12.3 Å². The van der Waals surface area contributed by atoms with E-state index in [2.05, 4.69) is 16.9 Å². The van der Waals surface area contributed by atoms with Crippen LogP contribution in [0.2, 0.25) is 0 Å². The summed E-state index contributed by atoms with van der Waals surface area (Å²) in [7, 11) is 0. The first-order chi connectivity index (χ1) is 14.5. The smallest absolute Gasteiger partial charge is 0.254 e. The number of nitrogen functional groups attached to an aromatic ring is 1. The number of hydrogen-bond donors (Lipinski definition) is 1. The normalized spacial score (nSPS) is 18.8. The molecule has 1 amide bonds. The number of ether oxygens (including phenoxy) is 1. The standard InChI is InChI=1S/C24H26N4O2/c1-16-8-9-19(30-23-17(2)22(25)11-13-27-23)15-28(16)24(29)20-10-12-26-14-21(20)18-6-4-3-5-7-18/h3-7,10-14,16,19H,8-9,15H2,1-2H3,(H2,25,27). The number of pyridine rings is 2. The number of rotatable bonds is 4. The Balaban J connectivity index is 1.58. The third kappa shape index (κ3) is 3.99. The molecule has 0 saturated carbocycles. The molecule has 1 saturated heterocycles. The van der Waals surface area contributed by atoms with Gasteiger partial charge in [0, 0.05) is 41.4 Å². The molecule has 1 aromatic carbocycles. The Morgan fingerprint density at radius 2 is 1.93 bits per heavy atom. The maximum atomic E-state index is 13.5. The van der Waals surface area contributed by atoms with Crippen LogP contribution in [-0.2, 0) is 0 Å². The van der Waals surface area contributed by atoms with Crippen molar-refractivity contribution >= 4 is 11.6 Å². The summed E-state index contributed by atoms with van der Waals surface area (Å²) in [5.41, 5.74) is 9.94. The van der Waals surface area contributed by atoms with E-state index in [0.717, 1.165) is 29.5 Å². The van der Waals surface area contributed by atoms with Gasteiger partial charge >= 0.3 is 0 Å². The van der Waals surface area contributed by atoms with Crippen LogP contribution in [0, 0.1) is 6.92 Å². The molecule has 6 heteroatoms. The fraction of sp³-hybridized carbons (Fsp3) is 0.292.